The van der Waals surface area contributed by atoms with E-state index in [-0.39, 0.29) is 12.2 Å². The van der Waals surface area contributed by atoms with E-state index in [0.717, 1.165) is 5.56 Å². The Morgan fingerprint density at radius 3 is 2.50 bits per heavy atom. The number of hydrogen-bond donors (Lipinski definition) is 2. The van der Waals surface area contributed by atoms with Gasteiger partial charge in [-0.1, -0.05) is 25.4 Å². The molecule has 3 nitrogen and oxygen atoms in total. The van der Waals surface area contributed by atoms with Gasteiger partial charge in [-0.2, -0.15) is 0 Å². The Kier molecular flexibility index (Phi) is 4.19. The summed E-state index contributed by atoms with van der Waals surface area (Å²) in [5.74, 6) is -1.24. The van der Waals surface area contributed by atoms with Crippen molar-refractivity contribution < 1.29 is 15.0 Å². The minimum atomic E-state index is -0.877. The minimum absolute atomic E-state index is 0.167. The van der Waals surface area contributed by atoms with Crippen LogP contribution in [-0.4, -0.2) is 16.2 Å². The maximum atomic E-state index is 10.7. The number of phenolic OH excluding ortho intramolecular Hbond substituents is 1. The first-order valence-corrected chi connectivity index (χ1v) is 5.56. The number of hydrogen-bond acceptors (Lipinski definition) is 2. The Bertz CT molecular complexity index is 401. The number of carboxylic acid groups (broad SMARTS) is 1. The fourth-order valence-electron chi connectivity index (χ4n) is 1.56. The molecule has 0 bridgehead atoms. The van der Waals surface area contributed by atoms with E-state index in [1.807, 2.05) is 6.92 Å². The molecule has 0 aromatic heterocycles. The molecule has 0 fully saturated rings. The second-order valence-corrected chi connectivity index (χ2v) is 4.31. The molecule has 1 unspecified atom stereocenters. The first kappa shape index (κ1) is 12.8. The van der Waals surface area contributed by atoms with E-state index in [4.69, 9.17) is 16.7 Å². The zero-order valence-electron chi connectivity index (χ0n) is 9.33. The van der Waals surface area contributed by atoms with Crippen LogP contribution in [0.15, 0.2) is 12.1 Å². The van der Waals surface area contributed by atoms with Crippen LogP contribution in [0.4, 0.5) is 0 Å². The van der Waals surface area contributed by atoms with E-state index in [1.165, 1.54) is 0 Å². The summed E-state index contributed by atoms with van der Waals surface area (Å²) in [5.41, 5.74) is 1.35. The van der Waals surface area contributed by atoms with Crippen molar-refractivity contribution >= 4 is 17.6 Å². The van der Waals surface area contributed by atoms with Gasteiger partial charge in [0, 0.05) is 5.02 Å². The predicted molar refractivity (Wildman–Crippen MR) is 63.0 cm³/mol. The van der Waals surface area contributed by atoms with Crippen LogP contribution in [0.3, 0.4) is 0 Å². The monoisotopic (exact) mass is 242 g/mol. The van der Waals surface area contributed by atoms with Gasteiger partial charge < -0.3 is 10.2 Å². The molecule has 4 heteroatoms. The van der Waals surface area contributed by atoms with E-state index in [9.17, 15) is 9.90 Å². The van der Waals surface area contributed by atoms with Gasteiger partial charge in [-0.25, -0.2) is 0 Å². The van der Waals surface area contributed by atoms with Crippen LogP contribution < -0.4 is 0 Å². The Balaban J connectivity index is 3.04. The number of phenols is 1. The molecule has 0 heterocycles. The molecular formula is C12H15ClO3. The van der Waals surface area contributed by atoms with Gasteiger partial charge >= 0.3 is 5.97 Å². The number of halogens is 1. The predicted octanol–water partition coefficient (Wildman–Crippen LogP) is 2.87. The van der Waals surface area contributed by atoms with Gasteiger partial charge in [0.1, 0.15) is 5.75 Å². The number of rotatable bonds is 4. The van der Waals surface area contributed by atoms with Crippen molar-refractivity contribution in [1.82, 2.24) is 0 Å². The van der Waals surface area contributed by atoms with Crippen LogP contribution in [0, 0.1) is 5.92 Å². The van der Waals surface area contributed by atoms with Crippen molar-refractivity contribution in [3.8, 4) is 5.75 Å². The van der Waals surface area contributed by atoms with Gasteiger partial charge in [0.15, 0.2) is 0 Å². The number of aromatic hydroxyl groups is 1. The van der Waals surface area contributed by atoms with Gasteiger partial charge in [0.25, 0.3) is 0 Å². The fourth-order valence-corrected chi connectivity index (χ4v) is 1.82. The third-order valence-electron chi connectivity index (χ3n) is 2.56. The molecule has 0 saturated carbocycles. The molecule has 2 N–H and O–H groups in total. The average molecular weight is 243 g/mol. The third kappa shape index (κ3) is 2.89. The number of aryl methyl sites for hydroxylation is 1. The quantitative estimate of drug-likeness (QED) is 0.854. The first-order valence-electron chi connectivity index (χ1n) is 5.18. The smallest absolute Gasteiger partial charge is 0.306 e. The van der Waals surface area contributed by atoms with E-state index < -0.39 is 11.9 Å². The summed E-state index contributed by atoms with van der Waals surface area (Å²) < 4.78 is 0. The highest BCUT2D eigenvalue weighted by molar-refractivity contribution is 6.30. The van der Waals surface area contributed by atoms with Crippen molar-refractivity contribution in [2.24, 2.45) is 5.92 Å². The molecule has 16 heavy (non-hydrogen) atoms. The lowest BCUT2D eigenvalue weighted by Crippen LogP contribution is -2.12. The second-order valence-electron chi connectivity index (χ2n) is 3.87. The van der Waals surface area contributed by atoms with E-state index in [2.05, 4.69) is 0 Å². The molecule has 1 aromatic rings. The summed E-state index contributed by atoms with van der Waals surface area (Å²) in [6, 6.07) is 3.32. The molecule has 0 aliphatic heterocycles. The third-order valence-corrected chi connectivity index (χ3v) is 2.78. The highest BCUT2D eigenvalue weighted by Gasteiger charge is 2.16. The summed E-state index contributed by atoms with van der Waals surface area (Å²) >= 11 is 5.91. The minimum Gasteiger partial charge on any atom is -0.507 e. The summed E-state index contributed by atoms with van der Waals surface area (Å²) in [6.07, 6.45) is 0.954. The van der Waals surface area contributed by atoms with Crippen molar-refractivity contribution in [2.75, 3.05) is 0 Å². The van der Waals surface area contributed by atoms with E-state index in [0.29, 0.717) is 17.0 Å². The van der Waals surface area contributed by atoms with Crippen molar-refractivity contribution in [3.05, 3.63) is 28.3 Å². The lowest BCUT2D eigenvalue weighted by molar-refractivity contribution is -0.141. The maximum Gasteiger partial charge on any atom is 0.306 e. The van der Waals surface area contributed by atoms with Crippen LogP contribution in [0.1, 0.15) is 25.0 Å². The molecular weight excluding hydrogens is 228 g/mol. The molecule has 0 radical (unpaired) electrons. The van der Waals surface area contributed by atoms with Crippen molar-refractivity contribution in [1.29, 1.82) is 0 Å². The summed E-state index contributed by atoms with van der Waals surface area (Å²) in [5, 5.41) is 19.2. The van der Waals surface area contributed by atoms with Crippen molar-refractivity contribution in [3.63, 3.8) is 0 Å². The summed E-state index contributed by atoms with van der Waals surface area (Å²) in [4.78, 5) is 10.7. The topological polar surface area (TPSA) is 57.5 Å². The first-order chi connectivity index (χ1) is 7.45. The molecule has 0 aliphatic rings. The van der Waals surface area contributed by atoms with E-state index >= 15 is 0 Å². The largest absolute Gasteiger partial charge is 0.507 e. The number of carbonyl (C=O) groups is 1. The zero-order valence-corrected chi connectivity index (χ0v) is 10.1. The van der Waals surface area contributed by atoms with Crippen LogP contribution in [0.5, 0.6) is 5.75 Å². The van der Waals surface area contributed by atoms with Crippen LogP contribution in [-0.2, 0) is 17.6 Å². The highest BCUT2D eigenvalue weighted by Crippen LogP contribution is 2.29. The SMILES string of the molecule is CCc1cc(Cl)cc(CC(C)C(=O)O)c1O. The second kappa shape index (κ2) is 5.21. The average Bonchev–Trinajstić information content (AvgIpc) is 2.22. The Labute approximate surface area is 99.7 Å². The molecule has 1 aromatic carbocycles. The van der Waals surface area contributed by atoms with Gasteiger partial charge in [0.05, 0.1) is 5.92 Å². The molecule has 1 rings (SSSR count). The summed E-state index contributed by atoms with van der Waals surface area (Å²) in [6.45, 7) is 3.52. The molecule has 0 amide bonds. The van der Waals surface area contributed by atoms with Crippen molar-refractivity contribution in [2.45, 2.75) is 26.7 Å². The fraction of sp³-hybridized carbons (Fsp3) is 0.417. The van der Waals surface area contributed by atoms with Gasteiger partial charge in [-0.05, 0) is 36.1 Å². The highest BCUT2D eigenvalue weighted by atomic mass is 35.5. The Morgan fingerprint density at radius 1 is 1.44 bits per heavy atom. The molecule has 0 aliphatic carbocycles. The van der Waals surface area contributed by atoms with Crippen LogP contribution in [0.25, 0.3) is 0 Å². The van der Waals surface area contributed by atoms with Gasteiger partial charge in [-0.15, -0.1) is 0 Å². The number of benzene rings is 1. The summed E-state index contributed by atoms with van der Waals surface area (Å²) in [7, 11) is 0. The molecule has 1 atom stereocenters. The van der Waals surface area contributed by atoms with Gasteiger partial charge in [-0.3, -0.25) is 4.79 Å². The molecule has 0 spiro atoms. The lowest BCUT2D eigenvalue weighted by Gasteiger charge is -2.11. The number of carboxylic acids is 1. The Hall–Kier alpha value is -1.22. The standard InChI is InChI=1S/C12H15ClO3/c1-3-8-5-10(13)6-9(11(8)14)4-7(2)12(15)16/h5-7,14H,3-4H2,1-2H3,(H,15,16). The Morgan fingerprint density at radius 2 is 2.00 bits per heavy atom. The molecule has 88 valence electrons. The number of aliphatic carboxylic acids is 1. The van der Waals surface area contributed by atoms with Crippen LogP contribution in [0.2, 0.25) is 5.02 Å². The maximum absolute atomic E-state index is 10.7. The van der Waals surface area contributed by atoms with E-state index in [1.54, 1.807) is 19.1 Å². The molecule has 0 saturated heterocycles. The van der Waals surface area contributed by atoms with Gasteiger partial charge in [0.2, 0.25) is 0 Å². The van der Waals surface area contributed by atoms with Crippen LogP contribution >= 0.6 is 11.6 Å². The zero-order chi connectivity index (χ0) is 12.3. The normalized spacial score (nSPS) is 12.4. The lowest BCUT2D eigenvalue weighted by atomic mass is 9.97.